The molecule has 0 amide bonds. The first-order chi connectivity index (χ1) is 8.31. The van der Waals surface area contributed by atoms with Crippen LogP contribution in [0.4, 0.5) is 0 Å². The van der Waals surface area contributed by atoms with Crippen LogP contribution in [-0.4, -0.2) is 28.7 Å². The van der Waals surface area contributed by atoms with E-state index < -0.39 is 0 Å². The molecule has 1 fully saturated rings. The highest BCUT2D eigenvalue weighted by Crippen LogP contribution is 2.42. The minimum absolute atomic E-state index is 0.267. The first-order valence-electron chi connectivity index (χ1n) is 6.43. The van der Waals surface area contributed by atoms with Gasteiger partial charge in [-0.25, -0.2) is 0 Å². The molecule has 2 aliphatic rings. The average molecular weight is 229 g/mol. The second-order valence-electron chi connectivity index (χ2n) is 5.14. The van der Waals surface area contributed by atoms with Crippen LogP contribution in [0.3, 0.4) is 0 Å². The number of hydrogen-bond acceptors (Lipinski definition) is 2. The molecule has 0 saturated carbocycles. The molecular formula is C15H19NO. The zero-order chi connectivity index (χ0) is 11.8. The fraction of sp³-hybridized carbons (Fsp3) is 0.467. The lowest BCUT2D eigenvalue weighted by Crippen LogP contribution is -2.42. The van der Waals surface area contributed by atoms with E-state index in [1.807, 2.05) is 0 Å². The Kier molecular flexibility index (Phi) is 2.77. The van der Waals surface area contributed by atoms with Gasteiger partial charge in [-0.1, -0.05) is 42.5 Å². The first-order valence-corrected chi connectivity index (χ1v) is 6.43. The molecule has 17 heavy (non-hydrogen) atoms. The molecule has 90 valence electrons. The minimum Gasteiger partial charge on any atom is -0.395 e. The summed E-state index contributed by atoms with van der Waals surface area (Å²) in [5, 5.41) is 9.58. The Morgan fingerprint density at radius 1 is 1.29 bits per heavy atom. The van der Waals surface area contributed by atoms with Gasteiger partial charge in [0.15, 0.2) is 0 Å². The Balaban J connectivity index is 1.87. The van der Waals surface area contributed by atoms with Crippen molar-refractivity contribution in [2.45, 2.75) is 31.5 Å². The number of hydrogen-bond donors (Lipinski definition) is 1. The molecule has 1 aromatic carbocycles. The van der Waals surface area contributed by atoms with Crippen molar-refractivity contribution < 1.29 is 5.11 Å². The molecule has 1 saturated heterocycles. The number of likely N-dealkylation sites (tertiary alicyclic amines) is 1. The van der Waals surface area contributed by atoms with Crippen LogP contribution < -0.4 is 0 Å². The number of fused-ring (bicyclic) bond motifs is 2. The van der Waals surface area contributed by atoms with E-state index in [9.17, 15) is 5.11 Å². The van der Waals surface area contributed by atoms with E-state index in [0.29, 0.717) is 24.0 Å². The zero-order valence-corrected chi connectivity index (χ0v) is 10.2. The van der Waals surface area contributed by atoms with Gasteiger partial charge in [-0.3, -0.25) is 4.90 Å². The number of nitrogens with zero attached hydrogens (tertiary/aromatic N) is 1. The van der Waals surface area contributed by atoms with Crippen LogP contribution in [0.1, 0.15) is 24.9 Å². The Hall–Kier alpha value is -1.12. The van der Waals surface area contributed by atoms with E-state index in [0.717, 1.165) is 0 Å². The van der Waals surface area contributed by atoms with E-state index in [1.54, 1.807) is 0 Å². The lowest BCUT2D eigenvalue weighted by molar-refractivity contribution is 0.0910. The van der Waals surface area contributed by atoms with E-state index in [4.69, 9.17) is 0 Å². The fourth-order valence-corrected chi connectivity index (χ4v) is 3.39. The summed E-state index contributed by atoms with van der Waals surface area (Å²) in [5.41, 5.74) is 1.34. The van der Waals surface area contributed by atoms with Crippen LogP contribution in [0.5, 0.6) is 0 Å². The quantitative estimate of drug-likeness (QED) is 0.804. The third kappa shape index (κ3) is 1.72. The third-order valence-electron chi connectivity index (χ3n) is 4.27. The van der Waals surface area contributed by atoms with Crippen LogP contribution in [0.2, 0.25) is 0 Å². The summed E-state index contributed by atoms with van der Waals surface area (Å²) in [4.78, 5) is 2.47. The lowest BCUT2D eigenvalue weighted by Gasteiger charge is -2.36. The molecule has 4 atom stereocenters. The average Bonchev–Trinajstić information content (AvgIpc) is 2.98. The normalized spacial score (nSPS) is 33.2. The molecule has 0 aromatic heterocycles. The van der Waals surface area contributed by atoms with Gasteiger partial charge < -0.3 is 5.11 Å². The van der Waals surface area contributed by atoms with Gasteiger partial charge in [0.2, 0.25) is 0 Å². The van der Waals surface area contributed by atoms with Gasteiger partial charge in [0.05, 0.1) is 6.61 Å². The van der Waals surface area contributed by atoms with Crippen molar-refractivity contribution in [3.63, 3.8) is 0 Å². The summed E-state index contributed by atoms with van der Waals surface area (Å²) in [6.07, 6.45) is 5.76. The molecule has 1 aliphatic carbocycles. The SMILES string of the molecule is C[C@@H](c1ccccc1)N1[C@H]2C=C[C@H](C2)[C@@H]1CO. The van der Waals surface area contributed by atoms with E-state index >= 15 is 0 Å². The van der Waals surface area contributed by atoms with Crippen LogP contribution in [0.25, 0.3) is 0 Å². The number of aliphatic hydroxyl groups is 1. The molecule has 1 N–H and O–H groups in total. The van der Waals surface area contributed by atoms with Crippen molar-refractivity contribution in [3.05, 3.63) is 48.0 Å². The second-order valence-corrected chi connectivity index (χ2v) is 5.14. The Morgan fingerprint density at radius 3 is 2.76 bits per heavy atom. The molecule has 2 heteroatoms. The predicted molar refractivity (Wildman–Crippen MR) is 68.6 cm³/mol. The molecular weight excluding hydrogens is 210 g/mol. The van der Waals surface area contributed by atoms with Crippen LogP contribution in [0, 0.1) is 5.92 Å². The molecule has 1 aromatic rings. The maximum atomic E-state index is 9.58. The Bertz CT molecular complexity index is 414. The third-order valence-corrected chi connectivity index (χ3v) is 4.27. The van der Waals surface area contributed by atoms with E-state index in [-0.39, 0.29) is 6.61 Å². The van der Waals surface area contributed by atoms with Gasteiger partial charge in [0.25, 0.3) is 0 Å². The smallest absolute Gasteiger partial charge is 0.0593 e. The lowest BCUT2D eigenvalue weighted by atomic mass is 10.00. The monoisotopic (exact) mass is 229 g/mol. The molecule has 0 unspecified atom stereocenters. The van der Waals surface area contributed by atoms with Crippen molar-refractivity contribution in [1.82, 2.24) is 4.90 Å². The molecule has 0 radical (unpaired) electrons. The molecule has 0 spiro atoms. The standard InChI is InChI=1S/C15H19NO/c1-11(12-5-3-2-4-6-12)16-14-8-7-13(9-14)15(16)10-17/h2-8,11,13-15,17H,9-10H2,1H3/t11-,13+,14-,15-/m0/s1. The highest BCUT2D eigenvalue weighted by atomic mass is 16.3. The minimum atomic E-state index is 0.267. The summed E-state index contributed by atoms with van der Waals surface area (Å²) < 4.78 is 0. The highest BCUT2D eigenvalue weighted by molar-refractivity contribution is 5.24. The molecule has 3 rings (SSSR count). The summed E-state index contributed by atoms with van der Waals surface area (Å²) >= 11 is 0. The maximum absolute atomic E-state index is 9.58. The van der Waals surface area contributed by atoms with Crippen LogP contribution >= 0.6 is 0 Å². The topological polar surface area (TPSA) is 23.5 Å². The summed E-state index contributed by atoms with van der Waals surface area (Å²) in [5.74, 6) is 0.552. The number of rotatable bonds is 3. The van der Waals surface area contributed by atoms with Gasteiger partial charge in [0, 0.05) is 18.1 Å². The first kappa shape index (κ1) is 11.0. The molecule has 2 bridgehead atoms. The van der Waals surface area contributed by atoms with Crippen LogP contribution in [0.15, 0.2) is 42.5 Å². The molecule has 2 nitrogen and oxygen atoms in total. The summed E-state index contributed by atoms with van der Waals surface area (Å²) in [6, 6.07) is 11.8. The molecule has 1 heterocycles. The largest absolute Gasteiger partial charge is 0.395 e. The second kappa shape index (κ2) is 4.28. The van der Waals surface area contributed by atoms with Gasteiger partial charge >= 0.3 is 0 Å². The van der Waals surface area contributed by atoms with Gasteiger partial charge in [-0.05, 0) is 24.8 Å². The number of benzene rings is 1. The fourth-order valence-electron chi connectivity index (χ4n) is 3.39. The zero-order valence-electron chi connectivity index (χ0n) is 10.2. The summed E-state index contributed by atoms with van der Waals surface area (Å²) in [6.45, 7) is 2.51. The van der Waals surface area contributed by atoms with Crippen molar-refractivity contribution in [3.8, 4) is 0 Å². The predicted octanol–water partition coefficient (Wildman–Crippen LogP) is 2.37. The highest BCUT2D eigenvalue weighted by Gasteiger charge is 2.44. The number of aliphatic hydroxyl groups excluding tert-OH is 1. The Labute approximate surface area is 103 Å². The molecule has 1 aliphatic heterocycles. The van der Waals surface area contributed by atoms with E-state index in [1.165, 1.54) is 12.0 Å². The van der Waals surface area contributed by atoms with Crippen molar-refractivity contribution in [1.29, 1.82) is 0 Å². The van der Waals surface area contributed by atoms with Crippen molar-refractivity contribution in [2.75, 3.05) is 6.61 Å². The van der Waals surface area contributed by atoms with Crippen molar-refractivity contribution in [2.24, 2.45) is 5.92 Å². The van der Waals surface area contributed by atoms with Gasteiger partial charge in [-0.15, -0.1) is 0 Å². The summed E-state index contributed by atoms with van der Waals surface area (Å²) in [7, 11) is 0. The Morgan fingerprint density at radius 2 is 2.06 bits per heavy atom. The van der Waals surface area contributed by atoms with Crippen molar-refractivity contribution >= 4 is 0 Å². The van der Waals surface area contributed by atoms with Gasteiger partial charge in [0.1, 0.15) is 0 Å². The van der Waals surface area contributed by atoms with Crippen LogP contribution in [-0.2, 0) is 0 Å². The maximum Gasteiger partial charge on any atom is 0.0593 e. The van der Waals surface area contributed by atoms with E-state index in [2.05, 4.69) is 54.3 Å². The van der Waals surface area contributed by atoms with Gasteiger partial charge in [-0.2, -0.15) is 0 Å².